The van der Waals surface area contributed by atoms with Crippen molar-refractivity contribution < 1.29 is 29.1 Å². The summed E-state index contributed by atoms with van der Waals surface area (Å²) in [6, 6.07) is -3.46. The summed E-state index contributed by atoms with van der Waals surface area (Å²) in [5, 5.41) is 11.9. The van der Waals surface area contributed by atoms with E-state index >= 15 is 0 Å². The van der Waals surface area contributed by atoms with Gasteiger partial charge in [0.2, 0.25) is 23.6 Å². The van der Waals surface area contributed by atoms with Crippen LogP contribution in [-0.4, -0.2) is 81.8 Å². The summed E-state index contributed by atoms with van der Waals surface area (Å²) in [5.74, 6) is -3.23. The predicted molar refractivity (Wildman–Crippen MR) is 110 cm³/mol. The molecular weight excluding hydrogens is 406 g/mol. The summed E-state index contributed by atoms with van der Waals surface area (Å²) in [6.45, 7) is 4.13. The molecule has 11 heteroatoms. The van der Waals surface area contributed by atoms with Crippen LogP contribution in [0.1, 0.15) is 52.4 Å². The number of primary amides is 1. The Morgan fingerprint density at radius 1 is 1.03 bits per heavy atom. The Balaban J connectivity index is 2.07. The van der Waals surface area contributed by atoms with Crippen LogP contribution in [0.2, 0.25) is 0 Å². The minimum absolute atomic E-state index is 0.0195. The topological polar surface area (TPSA) is 176 Å². The molecule has 0 bridgehead atoms. The zero-order valence-corrected chi connectivity index (χ0v) is 18.1. The van der Waals surface area contributed by atoms with E-state index in [0.717, 1.165) is 0 Å². The van der Waals surface area contributed by atoms with Gasteiger partial charge in [-0.2, -0.15) is 0 Å². The molecule has 0 aliphatic carbocycles. The number of likely N-dealkylation sites (tertiary alicyclic amines) is 2. The van der Waals surface area contributed by atoms with E-state index in [-0.39, 0.29) is 24.7 Å². The molecular formula is C20H33N5O6. The van der Waals surface area contributed by atoms with Crippen LogP contribution in [-0.2, 0) is 24.0 Å². The Kier molecular flexibility index (Phi) is 8.37. The number of carbonyl (C=O) groups is 5. The number of hydrogen-bond acceptors (Lipinski definition) is 6. The van der Waals surface area contributed by atoms with Crippen molar-refractivity contribution in [3.8, 4) is 0 Å². The van der Waals surface area contributed by atoms with Crippen molar-refractivity contribution in [1.82, 2.24) is 15.1 Å². The zero-order valence-electron chi connectivity index (χ0n) is 18.1. The SMILES string of the molecule is CC(C)C(NC(=O)C1CCCN1C(=O)C1CCCN1C(=O)C(N)CCC(N)=O)C(=O)O. The third-order valence-electron chi connectivity index (χ3n) is 5.91. The number of amides is 4. The molecule has 2 rings (SSSR count). The second kappa shape index (κ2) is 10.6. The molecule has 0 aromatic rings. The number of nitrogens with zero attached hydrogens (tertiary/aromatic N) is 2. The minimum atomic E-state index is -1.13. The van der Waals surface area contributed by atoms with Crippen molar-refractivity contribution in [2.45, 2.75) is 76.5 Å². The number of nitrogens with two attached hydrogens (primary N) is 2. The van der Waals surface area contributed by atoms with Gasteiger partial charge in [-0.3, -0.25) is 19.2 Å². The van der Waals surface area contributed by atoms with E-state index in [1.54, 1.807) is 13.8 Å². The van der Waals surface area contributed by atoms with Crippen LogP contribution in [0.3, 0.4) is 0 Å². The van der Waals surface area contributed by atoms with Crippen LogP contribution in [0.15, 0.2) is 0 Å². The van der Waals surface area contributed by atoms with Crippen LogP contribution in [0.25, 0.3) is 0 Å². The highest BCUT2D eigenvalue weighted by Gasteiger charge is 2.43. The van der Waals surface area contributed by atoms with E-state index in [9.17, 15) is 29.1 Å². The Morgan fingerprint density at radius 2 is 1.61 bits per heavy atom. The van der Waals surface area contributed by atoms with E-state index in [4.69, 9.17) is 11.5 Å². The number of aliphatic carboxylic acids is 1. The van der Waals surface area contributed by atoms with Crippen LogP contribution < -0.4 is 16.8 Å². The Hall–Kier alpha value is -2.69. The van der Waals surface area contributed by atoms with Crippen molar-refractivity contribution in [3.63, 3.8) is 0 Å². The van der Waals surface area contributed by atoms with Crippen molar-refractivity contribution >= 4 is 29.6 Å². The first kappa shape index (κ1) is 24.6. The van der Waals surface area contributed by atoms with Gasteiger partial charge in [0, 0.05) is 19.5 Å². The quantitative estimate of drug-likeness (QED) is 0.348. The Bertz CT molecular complexity index is 727. The van der Waals surface area contributed by atoms with Crippen molar-refractivity contribution in [3.05, 3.63) is 0 Å². The zero-order chi connectivity index (χ0) is 23.3. The Morgan fingerprint density at radius 3 is 2.16 bits per heavy atom. The minimum Gasteiger partial charge on any atom is -0.480 e. The number of carboxylic acid groups (broad SMARTS) is 1. The van der Waals surface area contributed by atoms with Crippen molar-refractivity contribution in [2.24, 2.45) is 17.4 Å². The van der Waals surface area contributed by atoms with E-state index in [1.807, 2.05) is 0 Å². The smallest absolute Gasteiger partial charge is 0.326 e. The molecule has 2 aliphatic heterocycles. The fraction of sp³-hybridized carbons (Fsp3) is 0.750. The molecule has 2 saturated heterocycles. The summed E-state index contributed by atoms with van der Waals surface area (Å²) in [7, 11) is 0. The number of hydrogen-bond donors (Lipinski definition) is 4. The standard InChI is InChI=1S/C20H33N5O6/c1-11(2)16(20(30)31)23-17(27)13-5-3-9-24(13)19(29)14-6-4-10-25(14)18(28)12(21)7-8-15(22)26/h11-14,16H,3-10,21H2,1-2H3,(H2,22,26)(H,23,27)(H,30,31). The third-order valence-corrected chi connectivity index (χ3v) is 5.91. The summed E-state index contributed by atoms with van der Waals surface area (Å²) < 4.78 is 0. The van der Waals surface area contributed by atoms with Crippen LogP contribution in [0, 0.1) is 5.92 Å². The average Bonchev–Trinajstić information content (AvgIpc) is 3.37. The molecule has 4 atom stereocenters. The molecule has 11 nitrogen and oxygen atoms in total. The maximum absolute atomic E-state index is 13.2. The lowest BCUT2D eigenvalue weighted by atomic mass is 10.0. The van der Waals surface area contributed by atoms with Crippen LogP contribution in [0.5, 0.6) is 0 Å². The monoisotopic (exact) mass is 439 g/mol. The van der Waals surface area contributed by atoms with Gasteiger partial charge in [-0.25, -0.2) is 4.79 Å². The molecule has 0 spiro atoms. The highest BCUT2D eigenvalue weighted by atomic mass is 16.4. The molecule has 31 heavy (non-hydrogen) atoms. The maximum Gasteiger partial charge on any atom is 0.326 e. The fourth-order valence-corrected chi connectivity index (χ4v) is 4.18. The summed E-state index contributed by atoms with van der Waals surface area (Å²) in [4.78, 5) is 64.0. The summed E-state index contributed by atoms with van der Waals surface area (Å²) in [6.07, 6.45) is 2.22. The van der Waals surface area contributed by atoms with Gasteiger partial charge in [-0.15, -0.1) is 0 Å². The highest BCUT2D eigenvalue weighted by molar-refractivity contribution is 5.95. The molecule has 0 aromatic carbocycles. The van der Waals surface area contributed by atoms with Crippen LogP contribution in [0.4, 0.5) is 0 Å². The summed E-state index contributed by atoms with van der Waals surface area (Å²) in [5.41, 5.74) is 11.0. The van der Waals surface area contributed by atoms with Crippen molar-refractivity contribution in [1.29, 1.82) is 0 Å². The highest BCUT2D eigenvalue weighted by Crippen LogP contribution is 2.26. The lowest BCUT2D eigenvalue weighted by Crippen LogP contribution is -2.56. The second-order valence-corrected chi connectivity index (χ2v) is 8.56. The first-order valence-corrected chi connectivity index (χ1v) is 10.7. The molecule has 6 N–H and O–H groups in total. The van der Waals surface area contributed by atoms with Crippen molar-refractivity contribution in [2.75, 3.05) is 13.1 Å². The van der Waals surface area contributed by atoms with Gasteiger partial charge < -0.3 is 31.7 Å². The van der Waals surface area contributed by atoms with E-state index < -0.39 is 47.9 Å². The normalized spacial score (nSPS) is 23.0. The lowest BCUT2D eigenvalue weighted by Gasteiger charge is -2.32. The van der Waals surface area contributed by atoms with E-state index in [2.05, 4.69) is 5.32 Å². The molecule has 4 amide bonds. The fourth-order valence-electron chi connectivity index (χ4n) is 4.18. The third kappa shape index (κ3) is 5.93. The molecule has 0 saturated carbocycles. The molecule has 0 aromatic heterocycles. The number of carboxylic acids is 1. The largest absolute Gasteiger partial charge is 0.480 e. The average molecular weight is 440 g/mol. The van der Waals surface area contributed by atoms with Gasteiger partial charge >= 0.3 is 5.97 Å². The van der Waals surface area contributed by atoms with E-state index in [1.165, 1.54) is 9.80 Å². The summed E-state index contributed by atoms with van der Waals surface area (Å²) >= 11 is 0. The van der Waals surface area contributed by atoms with E-state index in [0.29, 0.717) is 38.8 Å². The first-order chi connectivity index (χ1) is 14.5. The number of nitrogens with one attached hydrogen (secondary N) is 1. The van der Waals surface area contributed by atoms with Gasteiger partial charge in [0.25, 0.3) is 0 Å². The molecule has 2 fully saturated rings. The van der Waals surface area contributed by atoms with Gasteiger partial charge in [0.05, 0.1) is 6.04 Å². The first-order valence-electron chi connectivity index (χ1n) is 10.7. The number of rotatable bonds is 9. The van der Waals surface area contributed by atoms with Gasteiger partial charge in [0.1, 0.15) is 18.1 Å². The molecule has 0 radical (unpaired) electrons. The van der Waals surface area contributed by atoms with Gasteiger partial charge in [-0.05, 0) is 38.0 Å². The molecule has 2 aliphatic rings. The molecule has 174 valence electrons. The molecule has 4 unspecified atom stereocenters. The molecule has 2 heterocycles. The Labute approximate surface area is 181 Å². The van der Waals surface area contributed by atoms with Crippen LogP contribution >= 0.6 is 0 Å². The van der Waals surface area contributed by atoms with Gasteiger partial charge in [0.15, 0.2) is 0 Å². The lowest BCUT2D eigenvalue weighted by molar-refractivity contribution is -0.148. The maximum atomic E-state index is 13.2. The van der Waals surface area contributed by atoms with Gasteiger partial charge in [-0.1, -0.05) is 13.8 Å². The number of carbonyl (C=O) groups excluding carboxylic acids is 4. The second-order valence-electron chi connectivity index (χ2n) is 8.56. The predicted octanol–water partition coefficient (Wildman–Crippen LogP) is -1.21.